The van der Waals surface area contributed by atoms with Gasteiger partial charge < -0.3 is 0 Å². The van der Waals surface area contributed by atoms with Gasteiger partial charge in [-0.3, -0.25) is 30.6 Å². The lowest BCUT2D eigenvalue weighted by Gasteiger charge is -2.09. The minimum atomic E-state index is -0.785. The number of para-hydroxylation sites is 1. The van der Waals surface area contributed by atoms with Crippen LogP contribution in [0.1, 0.15) is 31.8 Å². The first-order valence-corrected chi connectivity index (χ1v) is 10.2. The first-order chi connectivity index (χ1) is 16.4. The van der Waals surface area contributed by atoms with Crippen molar-refractivity contribution in [1.82, 2.24) is 31.1 Å². The maximum atomic E-state index is 12.4. The molecule has 4 aromatic rings. The molecule has 1 heterocycles. The molecular formula is C23H19N7O4. The number of benzene rings is 3. The van der Waals surface area contributed by atoms with Crippen molar-refractivity contribution in [2.75, 3.05) is 0 Å². The molecule has 3 aromatic carbocycles. The highest BCUT2D eigenvalue weighted by molar-refractivity contribution is 6.01. The van der Waals surface area contributed by atoms with E-state index < -0.39 is 16.7 Å². The van der Waals surface area contributed by atoms with Gasteiger partial charge in [0.05, 0.1) is 11.5 Å². The number of nitrogens with zero attached hydrogens (tertiary/aromatic N) is 5. The molecule has 2 N–H and O–H groups in total. The van der Waals surface area contributed by atoms with Crippen molar-refractivity contribution < 1.29 is 14.5 Å². The maximum absolute atomic E-state index is 12.4. The first-order valence-electron chi connectivity index (χ1n) is 10.2. The fraction of sp³-hybridized carbons (Fsp3) is 0.0870. The number of hydrogen-bond acceptors (Lipinski definition) is 7. The number of hydrazine groups is 1. The van der Waals surface area contributed by atoms with Crippen LogP contribution in [-0.2, 0) is 6.54 Å². The van der Waals surface area contributed by atoms with Crippen molar-refractivity contribution in [2.24, 2.45) is 0 Å². The van der Waals surface area contributed by atoms with E-state index in [-0.39, 0.29) is 11.3 Å². The van der Waals surface area contributed by atoms with E-state index in [1.165, 1.54) is 29.9 Å². The summed E-state index contributed by atoms with van der Waals surface area (Å²) in [5.41, 5.74) is 6.37. The normalized spacial score (nSPS) is 10.5. The lowest BCUT2D eigenvalue weighted by Crippen LogP contribution is -2.41. The van der Waals surface area contributed by atoms with Gasteiger partial charge in [-0.2, -0.15) is 4.80 Å². The highest BCUT2D eigenvalue weighted by atomic mass is 16.6. The van der Waals surface area contributed by atoms with Gasteiger partial charge >= 0.3 is 0 Å². The molecular weight excluding hydrogens is 438 g/mol. The second kappa shape index (κ2) is 9.69. The van der Waals surface area contributed by atoms with Crippen LogP contribution in [0.2, 0.25) is 0 Å². The summed E-state index contributed by atoms with van der Waals surface area (Å²) < 4.78 is 0. The predicted octanol–water partition coefficient (Wildman–Crippen LogP) is 2.68. The van der Waals surface area contributed by atoms with Crippen molar-refractivity contribution in [1.29, 1.82) is 0 Å². The summed E-state index contributed by atoms with van der Waals surface area (Å²) >= 11 is 0. The Kier molecular flexibility index (Phi) is 6.35. The predicted molar refractivity (Wildman–Crippen MR) is 122 cm³/mol. The molecule has 0 radical (unpaired) electrons. The number of carbonyl (C=O) groups excluding carboxylic acids is 2. The van der Waals surface area contributed by atoms with Crippen molar-refractivity contribution >= 4 is 17.5 Å². The van der Waals surface area contributed by atoms with E-state index in [1.54, 1.807) is 24.3 Å². The minimum Gasteiger partial charge on any atom is -0.267 e. The molecule has 0 atom stereocenters. The van der Waals surface area contributed by atoms with Crippen LogP contribution in [0.3, 0.4) is 0 Å². The number of amides is 2. The highest BCUT2D eigenvalue weighted by Crippen LogP contribution is 2.22. The zero-order chi connectivity index (χ0) is 24.1. The van der Waals surface area contributed by atoms with Gasteiger partial charge in [0, 0.05) is 16.7 Å². The van der Waals surface area contributed by atoms with Gasteiger partial charge in [-0.15, -0.1) is 10.2 Å². The van der Waals surface area contributed by atoms with Crippen molar-refractivity contribution in [3.63, 3.8) is 0 Å². The molecule has 11 nitrogen and oxygen atoms in total. The van der Waals surface area contributed by atoms with Gasteiger partial charge in [0.1, 0.15) is 5.56 Å². The number of rotatable bonds is 6. The molecule has 0 saturated heterocycles. The van der Waals surface area contributed by atoms with E-state index in [9.17, 15) is 19.7 Å². The Morgan fingerprint density at radius 3 is 2.35 bits per heavy atom. The molecule has 0 spiro atoms. The molecule has 0 aliphatic rings. The molecule has 170 valence electrons. The highest BCUT2D eigenvalue weighted by Gasteiger charge is 2.22. The van der Waals surface area contributed by atoms with E-state index >= 15 is 0 Å². The summed E-state index contributed by atoms with van der Waals surface area (Å²) in [6.07, 6.45) is 0. The molecule has 1 aromatic heterocycles. The average Bonchev–Trinajstić information content (AvgIpc) is 3.31. The standard InChI is InChI=1S/C23H19N7O4/c1-15-6-5-9-19(20(15)30(33)34)23(32)26-25-22(31)18-12-10-16(11-13-18)14-29-27-21(24-28-29)17-7-3-2-4-8-17/h2-13H,14H2,1H3,(H,25,31)(H,26,32). The lowest BCUT2D eigenvalue weighted by molar-refractivity contribution is -0.385. The summed E-state index contributed by atoms with van der Waals surface area (Å²) in [5, 5.41) is 23.7. The zero-order valence-electron chi connectivity index (χ0n) is 18.0. The molecule has 4 rings (SSSR count). The Morgan fingerprint density at radius 2 is 1.65 bits per heavy atom. The number of tetrazole rings is 1. The molecule has 0 fully saturated rings. The summed E-state index contributed by atoms with van der Waals surface area (Å²) in [6.45, 7) is 1.89. The van der Waals surface area contributed by atoms with E-state index in [1.807, 2.05) is 30.3 Å². The number of hydrogen-bond donors (Lipinski definition) is 2. The smallest absolute Gasteiger partial charge is 0.267 e. The summed E-state index contributed by atoms with van der Waals surface area (Å²) in [4.78, 5) is 36.9. The zero-order valence-corrected chi connectivity index (χ0v) is 18.0. The second-order valence-electron chi connectivity index (χ2n) is 7.34. The molecule has 34 heavy (non-hydrogen) atoms. The topological polar surface area (TPSA) is 145 Å². The van der Waals surface area contributed by atoms with Gasteiger partial charge in [0.25, 0.3) is 17.5 Å². The summed E-state index contributed by atoms with van der Waals surface area (Å²) in [5.74, 6) is -0.839. The third-order valence-corrected chi connectivity index (χ3v) is 4.98. The Morgan fingerprint density at radius 1 is 0.941 bits per heavy atom. The van der Waals surface area contributed by atoms with E-state index in [0.29, 0.717) is 23.5 Å². The van der Waals surface area contributed by atoms with Gasteiger partial charge in [0.15, 0.2) is 0 Å². The molecule has 0 saturated carbocycles. The van der Waals surface area contributed by atoms with Gasteiger partial charge in [-0.05, 0) is 35.9 Å². The fourth-order valence-electron chi connectivity index (χ4n) is 3.28. The largest absolute Gasteiger partial charge is 0.285 e. The Bertz CT molecular complexity index is 1350. The molecule has 2 amide bonds. The quantitative estimate of drug-likeness (QED) is 0.334. The number of nitro benzene ring substituents is 1. The fourth-order valence-corrected chi connectivity index (χ4v) is 3.28. The Balaban J connectivity index is 1.37. The molecule has 0 unspecified atom stereocenters. The van der Waals surface area contributed by atoms with Crippen LogP contribution in [0.25, 0.3) is 11.4 Å². The van der Waals surface area contributed by atoms with E-state index in [0.717, 1.165) is 11.1 Å². The van der Waals surface area contributed by atoms with Crippen LogP contribution in [0.4, 0.5) is 5.69 Å². The van der Waals surface area contributed by atoms with Crippen LogP contribution in [0.5, 0.6) is 0 Å². The van der Waals surface area contributed by atoms with Gasteiger partial charge in [0.2, 0.25) is 5.82 Å². The van der Waals surface area contributed by atoms with Crippen molar-refractivity contribution in [2.45, 2.75) is 13.5 Å². The van der Waals surface area contributed by atoms with Crippen LogP contribution < -0.4 is 10.9 Å². The minimum absolute atomic E-state index is 0.143. The molecule has 0 aliphatic heterocycles. The van der Waals surface area contributed by atoms with Gasteiger partial charge in [-0.25, -0.2) is 0 Å². The second-order valence-corrected chi connectivity index (χ2v) is 7.34. The number of nitro groups is 1. The first kappa shape index (κ1) is 22.3. The van der Waals surface area contributed by atoms with Crippen LogP contribution in [0, 0.1) is 17.0 Å². The van der Waals surface area contributed by atoms with Crippen molar-refractivity contribution in [3.05, 3.63) is 105 Å². The Hall–Kier alpha value is -4.93. The molecule has 0 bridgehead atoms. The number of aryl methyl sites for hydroxylation is 1. The number of carbonyl (C=O) groups is 2. The summed E-state index contributed by atoms with van der Waals surface area (Å²) in [7, 11) is 0. The third-order valence-electron chi connectivity index (χ3n) is 4.98. The van der Waals surface area contributed by atoms with E-state index in [2.05, 4.69) is 26.3 Å². The number of nitrogens with one attached hydrogen (secondary N) is 2. The lowest BCUT2D eigenvalue weighted by atomic mass is 10.1. The van der Waals surface area contributed by atoms with Crippen LogP contribution in [-0.4, -0.2) is 36.9 Å². The van der Waals surface area contributed by atoms with Gasteiger partial charge in [-0.1, -0.05) is 54.6 Å². The summed E-state index contributed by atoms with van der Waals surface area (Å²) in [6, 6.07) is 20.5. The SMILES string of the molecule is Cc1cccc(C(=O)NNC(=O)c2ccc(Cn3nnc(-c4ccccc4)n3)cc2)c1[N+](=O)[O-]. The average molecular weight is 457 g/mol. The third kappa shape index (κ3) is 4.93. The number of aromatic nitrogens is 4. The van der Waals surface area contributed by atoms with Crippen LogP contribution >= 0.6 is 0 Å². The monoisotopic (exact) mass is 457 g/mol. The van der Waals surface area contributed by atoms with E-state index in [4.69, 9.17) is 0 Å². The van der Waals surface area contributed by atoms with Crippen LogP contribution in [0.15, 0.2) is 72.8 Å². The van der Waals surface area contributed by atoms with Crippen molar-refractivity contribution in [3.8, 4) is 11.4 Å². The molecule has 0 aliphatic carbocycles. The maximum Gasteiger partial charge on any atom is 0.285 e. The molecule has 11 heteroatoms. The Labute approximate surface area is 193 Å².